The number of para-hydroxylation sites is 2. The van der Waals surface area contributed by atoms with Crippen LogP contribution in [-0.4, -0.2) is 25.5 Å². The summed E-state index contributed by atoms with van der Waals surface area (Å²) in [6, 6.07) is 8.29. The molecule has 1 aromatic rings. The van der Waals surface area contributed by atoms with Crippen LogP contribution < -0.4 is 9.80 Å². The van der Waals surface area contributed by atoms with Gasteiger partial charge in [-0.15, -0.1) is 0 Å². The van der Waals surface area contributed by atoms with Crippen molar-refractivity contribution < 1.29 is 4.79 Å². The number of carbonyl (C=O) groups excluding carboxylic acids is 1. The third kappa shape index (κ3) is 1.84. The van der Waals surface area contributed by atoms with Crippen LogP contribution in [-0.2, 0) is 4.79 Å². The SMILES string of the molecule is O=C1C[N+]2(CCCCCC2)c2ccccc2N1. The second kappa shape index (κ2) is 4.15. The number of hydrogen-bond donors (Lipinski definition) is 1. The van der Waals surface area contributed by atoms with E-state index in [0.717, 1.165) is 23.3 Å². The number of nitrogens with one attached hydrogen (secondary N) is 1. The lowest BCUT2D eigenvalue weighted by molar-refractivity contribution is -0.117. The molecule has 2 aliphatic heterocycles. The molecular weight excluding hydrogens is 212 g/mol. The van der Waals surface area contributed by atoms with Crippen molar-refractivity contribution in [2.24, 2.45) is 0 Å². The molecule has 2 aliphatic rings. The Morgan fingerprint density at radius 3 is 2.47 bits per heavy atom. The molecule has 1 fully saturated rings. The average Bonchev–Trinajstić information content (AvgIpc) is 2.55. The fourth-order valence-corrected chi connectivity index (χ4v) is 3.24. The number of hydrogen-bond acceptors (Lipinski definition) is 1. The van der Waals surface area contributed by atoms with Gasteiger partial charge in [0.1, 0.15) is 5.69 Å². The molecule has 1 saturated heterocycles. The molecule has 90 valence electrons. The van der Waals surface area contributed by atoms with E-state index < -0.39 is 0 Å². The van der Waals surface area contributed by atoms with Crippen LogP contribution in [0.2, 0.25) is 0 Å². The van der Waals surface area contributed by atoms with Crippen LogP contribution in [0.4, 0.5) is 11.4 Å². The highest BCUT2D eigenvalue weighted by Gasteiger charge is 2.39. The van der Waals surface area contributed by atoms with E-state index in [9.17, 15) is 4.79 Å². The maximum Gasteiger partial charge on any atom is 0.280 e. The van der Waals surface area contributed by atoms with E-state index in [4.69, 9.17) is 0 Å². The maximum absolute atomic E-state index is 11.9. The minimum Gasteiger partial charge on any atom is -0.316 e. The number of benzene rings is 1. The fourth-order valence-electron chi connectivity index (χ4n) is 3.24. The number of rotatable bonds is 0. The monoisotopic (exact) mass is 231 g/mol. The summed E-state index contributed by atoms with van der Waals surface area (Å²) < 4.78 is 0.877. The zero-order valence-electron chi connectivity index (χ0n) is 10.1. The Hall–Kier alpha value is -1.35. The average molecular weight is 231 g/mol. The molecule has 0 radical (unpaired) electrons. The van der Waals surface area contributed by atoms with Gasteiger partial charge < -0.3 is 5.32 Å². The molecule has 17 heavy (non-hydrogen) atoms. The third-order valence-corrected chi connectivity index (χ3v) is 4.06. The summed E-state index contributed by atoms with van der Waals surface area (Å²) in [5, 5.41) is 3.00. The molecule has 0 aliphatic carbocycles. The summed E-state index contributed by atoms with van der Waals surface area (Å²) in [6.07, 6.45) is 5.09. The molecule has 0 unspecified atom stereocenters. The highest BCUT2D eigenvalue weighted by atomic mass is 16.2. The van der Waals surface area contributed by atoms with E-state index >= 15 is 0 Å². The molecule has 1 aromatic carbocycles. The van der Waals surface area contributed by atoms with Crippen LogP contribution in [0.3, 0.4) is 0 Å². The normalized spacial score (nSPS) is 22.7. The first-order valence-corrected chi connectivity index (χ1v) is 6.56. The van der Waals surface area contributed by atoms with Gasteiger partial charge in [-0.1, -0.05) is 12.1 Å². The maximum atomic E-state index is 11.9. The van der Waals surface area contributed by atoms with E-state index in [2.05, 4.69) is 17.4 Å². The van der Waals surface area contributed by atoms with Gasteiger partial charge in [-0.2, -0.15) is 0 Å². The van der Waals surface area contributed by atoms with Crippen molar-refractivity contribution in [1.29, 1.82) is 0 Å². The zero-order valence-corrected chi connectivity index (χ0v) is 10.1. The molecule has 3 nitrogen and oxygen atoms in total. The van der Waals surface area contributed by atoms with Crippen LogP contribution in [0.1, 0.15) is 25.7 Å². The summed E-state index contributed by atoms with van der Waals surface area (Å²) in [5.41, 5.74) is 2.33. The predicted octanol–water partition coefficient (Wildman–Crippen LogP) is 2.52. The first-order chi connectivity index (χ1) is 8.30. The van der Waals surface area contributed by atoms with Gasteiger partial charge in [0.2, 0.25) is 0 Å². The van der Waals surface area contributed by atoms with Gasteiger partial charge in [0.05, 0.1) is 13.1 Å². The van der Waals surface area contributed by atoms with Crippen LogP contribution >= 0.6 is 0 Å². The largest absolute Gasteiger partial charge is 0.316 e. The minimum atomic E-state index is 0.172. The lowest BCUT2D eigenvalue weighted by Crippen LogP contribution is -2.57. The standard InChI is InChI=1S/C14H18N2O/c17-14-11-16(9-5-1-2-6-10-16)13-8-4-3-7-12(13)15-14/h3-4,7-8H,1-2,5-6,9-11H2/p+1. The molecule has 0 atom stereocenters. The third-order valence-electron chi connectivity index (χ3n) is 4.06. The highest BCUT2D eigenvalue weighted by Crippen LogP contribution is 2.37. The Morgan fingerprint density at radius 2 is 1.71 bits per heavy atom. The number of nitrogens with zero attached hydrogens (tertiary/aromatic N) is 1. The summed E-state index contributed by atoms with van der Waals surface area (Å²) >= 11 is 0. The quantitative estimate of drug-likeness (QED) is 0.683. The summed E-state index contributed by atoms with van der Waals surface area (Å²) in [7, 11) is 0. The van der Waals surface area contributed by atoms with Gasteiger partial charge in [0.15, 0.2) is 12.2 Å². The first kappa shape index (κ1) is 10.8. The van der Waals surface area contributed by atoms with E-state index in [-0.39, 0.29) is 5.91 Å². The predicted molar refractivity (Wildman–Crippen MR) is 69.9 cm³/mol. The molecular formula is C14H19N2O+. The van der Waals surface area contributed by atoms with Crippen LogP contribution in [0, 0.1) is 0 Å². The summed E-state index contributed by atoms with van der Waals surface area (Å²) in [5.74, 6) is 0.172. The van der Waals surface area contributed by atoms with Crippen LogP contribution in [0.5, 0.6) is 0 Å². The van der Waals surface area contributed by atoms with Gasteiger partial charge >= 0.3 is 0 Å². The second-order valence-electron chi connectivity index (χ2n) is 5.23. The molecule has 1 N–H and O–H groups in total. The lowest BCUT2D eigenvalue weighted by Gasteiger charge is -2.40. The smallest absolute Gasteiger partial charge is 0.280 e. The van der Waals surface area contributed by atoms with E-state index in [1.165, 1.54) is 31.4 Å². The highest BCUT2D eigenvalue weighted by molar-refractivity contribution is 5.99. The van der Waals surface area contributed by atoms with Crippen molar-refractivity contribution in [1.82, 2.24) is 4.48 Å². The van der Waals surface area contributed by atoms with Crippen molar-refractivity contribution >= 4 is 17.3 Å². The molecule has 0 saturated carbocycles. The number of quaternary nitrogens is 1. The van der Waals surface area contributed by atoms with Crippen molar-refractivity contribution in [2.45, 2.75) is 25.7 Å². The van der Waals surface area contributed by atoms with Gasteiger partial charge in [-0.25, -0.2) is 0 Å². The van der Waals surface area contributed by atoms with Gasteiger partial charge in [-0.05, 0) is 31.7 Å². The van der Waals surface area contributed by atoms with Gasteiger partial charge in [0, 0.05) is 6.07 Å². The van der Waals surface area contributed by atoms with Crippen molar-refractivity contribution in [3.05, 3.63) is 24.3 Å². The Morgan fingerprint density at radius 1 is 1.00 bits per heavy atom. The van der Waals surface area contributed by atoms with E-state index in [1.807, 2.05) is 12.1 Å². The van der Waals surface area contributed by atoms with Gasteiger partial charge in [0.25, 0.3) is 5.91 Å². The molecule has 1 spiro atoms. The molecule has 3 heteroatoms. The molecule has 0 bridgehead atoms. The van der Waals surface area contributed by atoms with Crippen molar-refractivity contribution in [2.75, 3.05) is 25.0 Å². The van der Waals surface area contributed by atoms with Gasteiger partial charge in [-0.3, -0.25) is 9.28 Å². The van der Waals surface area contributed by atoms with Crippen molar-refractivity contribution in [3.63, 3.8) is 0 Å². The van der Waals surface area contributed by atoms with E-state index in [0.29, 0.717) is 6.54 Å². The molecule has 2 heterocycles. The Kier molecular flexibility index (Phi) is 2.63. The van der Waals surface area contributed by atoms with Crippen molar-refractivity contribution in [3.8, 4) is 0 Å². The lowest BCUT2D eigenvalue weighted by atomic mass is 10.1. The topological polar surface area (TPSA) is 29.1 Å². The summed E-state index contributed by atoms with van der Waals surface area (Å²) in [4.78, 5) is 11.9. The van der Waals surface area contributed by atoms with E-state index in [1.54, 1.807) is 0 Å². The second-order valence-corrected chi connectivity index (χ2v) is 5.23. The number of carbonyl (C=O) groups is 1. The number of anilines is 1. The molecule has 0 aromatic heterocycles. The zero-order chi connectivity index (χ0) is 11.7. The molecule has 1 amide bonds. The molecule has 3 rings (SSSR count). The Balaban J connectivity index is 2.06. The Labute approximate surface area is 102 Å². The van der Waals surface area contributed by atoms with Crippen LogP contribution in [0.25, 0.3) is 0 Å². The van der Waals surface area contributed by atoms with Crippen LogP contribution in [0.15, 0.2) is 24.3 Å². The fraction of sp³-hybridized carbons (Fsp3) is 0.500. The number of fused-ring (bicyclic) bond motifs is 2. The number of amides is 1. The minimum absolute atomic E-state index is 0.172. The summed E-state index contributed by atoms with van der Waals surface area (Å²) in [6.45, 7) is 2.85. The Bertz CT molecular complexity index is 434. The first-order valence-electron chi connectivity index (χ1n) is 6.56.